The first-order chi connectivity index (χ1) is 14.3. The second kappa shape index (κ2) is 7.58. The molecule has 1 N–H and O–H groups in total. The molecule has 0 aliphatic heterocycles. The molecule has 1 amide bonds. The number of pyridine rings is 1. The number of carbonyl (C=O) groups excluding carboxylic acids is 1. The van der Waals surface area contributed by atoms with E-state index in [0.717, 1.165) is 16.6 Å². The lowest BCUT2D eigenvalue weighted by atomic mass is 10.2. The van der Waals surface area contributed by atoms with E-state index in [1.54, 1.807) is 47.7 Å². The predicted octanol–water partition coefficient (Wildman–Crippen LogP) is 3.24. The second-order valence-electron chi connectivity index (χ2n) is 7.06. The number of imidazole rings is 1. The van der Waals surface area contributed by atoms with Gasteiger partial charge in [-0.05, 0) is 50.6 Å². The van der Waals surface area contributed by atoms with Gasteiger partial charge in [-0.15, -0.1) is 5.10 Å². The molecule has 1 aromatic carbocycles. The number of hydrogen-bond donors (Lipinski definition) is 1. The van der Waals surface area contributed by atoms with Crippen molar-refractivity contribution in [1.29, 1.82) is 0 Å². The van der Waals surface area contributed by atoms with Gasteiger partial charge in [-0.25, -0.2) is 19.0 Å². The summed E-state index contributed by atoms with van der Waals surface area (Å²) in [6.45, 7) is 5.37. The highest BCUT2D eigenvalue weighted by atomic mass is 19.1. The third kappa shape index (κ3) is 3.61. The minimum absolute atomic E-state index is 0.260. The SMILES string of the molecule is Cc1cc(C)c2c(OCC(=O)Nc3ccc(-n4ccnc4C)c(F)c3)nn(C)c2n1. The average molecular weight is 408 g/mol. The van der Waals surface area contributed by atoms with Gasteiger partial charge in [0.2, 0.25) is 5.88 Å². The summed E-state index contributed by atoms with van der Waals surface area (Å²) in [7, 11) is 1.77. The highest BCUT2D eigenvalue weighted by Gasteiger charge is 2.16. The molecule has 8 nitrogen and oxygen atoms in total. The predicted molar refractivity (Wildman–Crippen MR) is 110 cm³/mol. The smallest absolute Gasteiger partial charge is 0.262 e. The van der Waals surface area contributed by atoms with Crippen LogP contribution in [0.3, 0.4) is 0 Å². The molecular weight excluding hydrogens is 387 g/mol. The van der Waals surface area contributed by atoms with E-state index in [1.807, 2.05) is 19.9 Å². The second-order valence-corrected chi connectivity index (χ2v) is 7.06. The lowest BCUT2D eigenvalue weighted by molar-refractivity contribution is -0.118. The van der Waals surface area contributed by atoms with Gasteiger partial charge in [0.15, 0.2) is 12.3 Å². The fourth-order valence-corrected chi connectivity index (χ4v) is 3.39. The Labute approximate surface area is 172 Å². The van der Waals surface area contributed by atoms with E-state index in [-0.39, 0.29) is 6.61 Å². The number of hydrogen-bond acceptors (Lipinski definition) is 5. The summed E-state index contributed by atoms with van der Waals surface area (Å²) in [6, 6.07) is 6.41. The number of anilines is 1. The third-order valence-electron chi connectivity index (χ3n) is 4.74. The summed E-state index contributed by atoms with van der Waals surface area (Å²) in [6.07, 6.45) is 3.27. The minimum Gasteiger partial charge on any atom is -0.466 e. The maximum absolute atomic E-state index is 14.5. The number of aryl methyl sites for hydroxylation is 4. The normalized spacial score (nSPS) is 11.1. The number of halogens is 1. The number of carbonyl (C=O) groups is 1. The lowest BCUT2D eigenvalue weighted by Gasteiger charge is -2.10. The van der Waals surface area contributed by atoms with Gasteiger partial charge < -0.3 is 14.6 Å². The van der Waals surface area contributed by atoms with Crippen molar-refractivity contribution in [2.75, 3.05) is 11.9 Å². The molecule has 3 heterocycles. The molecule has 0 unspecified atom stereocenters. The Kier molecular flexibility index (Phi) is 4.94. The maximum Gasteiger partial charge on any atom is 0.262 e. The molecule has 3 aromatic heterocycles. The number of aromatic nitrogens is 5. The van der Waals surface area contributed by atoms with Crippen LogP contribution in [0.15, 0.2) is 36.7 Å². The van der Waals surface area contributed by atoms with Crippen LogP contribution in [0.25, 0.3) is 16.7 Å². The zero-order valence-corrected chi connectivity index (χ0v) is 17.1. The molecule has 0 saturated heterocycles. The first kappa shape index (κ1) is 19.6. The standard InChI is InChI=1S/C21H21FN6O2/c1-12-9-13(2)24-20-19(12)21(26-27(20)4)30-11-18(29)25-15-5-6-17(16(22)10-15)28-8-7-23-14(28)3/h5-10H,11H2,1-4H3,(H,25,29). The van der Waals surface area contributed by atoms with Crippen molar-refractivity contribution >= 4 is 22.6 Å². The fraction of sp³-hybridized carbons (Fsp3) is 0.238. The Morgan fingerprint density at radius 2 is 2.03 bits per heavy atom. The molecule has 0 aliphatic rings. The van der Waals surface area contributed by atoms with Crippen molar-refractivity contribution in [1.82, 2.24) is 24.3 Å². The van der Waals surface area contributed by atoms with Crippen LogP contribution in [-0.2, 0) is 11.8 Å². The van der Waals surface area contributed by atoms with Crippen molar-refractivity contribution in [2.24, 2.45) is 7.05 Å². The van der Waals surface area contributed by atoms with Crippen molar-refractivity contribution in [3.05, 3.63) is 59.6 Å². The Bertz CT molecular complexity index is 1260. The number of fused-ring (bicyclic) bond motifs is 1. The quantitative estimate of drug-likeness (QED) is 0.548. The van der Waals surface area contributed by atoms with Crippen molar-refractivity contribution in [2.45, 2.75) is 20.8 Å². The van der Waals surface area contributed by atoms with E-state index in [4.69, 9.17) is 4.74 Å². The summed E-state index contributed by atoms with van der Waals surface area (Å²) < 4.78 is 23.4. The number of nitrogens with zero attached hydrogens (tertiary/aromatic N) is 5. The van der Waals surface area contributed by atoms with Gasteiger partial charge in [-0.1, -0.05) is 0 Å². The van der Waals surface area contributed by atoms with Gasteiger partial charge >= 0.3 is 0 Å². The molecule has 0 radical (unpaired) electrons. The fourth-order valence-electron chi connectivity index (χ4n) is 3.39. The van der Waals surface area contributed by atoms with E-state index in [0.29, 0.717) is 28.7 Å². The van der Waals surface area contributed by atoms with Gasteiger partial charge in [0.25, 0.3) is 5.91 Å². The molecule has 4 rings (SSSR count). The van der Waals surface area contributed by atoms with Gasteiger partial charge in [0, 0.05) is 30.8 Å². The van der Waals surface area contributed by atoms with E-state index in [9.17, 15) is 9.18 Å². The molecule has 154 valence electrons. The van der Waals surface area contributed by atoms with Crippen molar-refractivity contribution in [3.8, 4) is 11.6 Å². The minimum atomic E-state index is -0.470. The molecule has 30 heavy (non-hydrogen) atoms. The largest absolute Gasteiger partial charge is 0.466 e. The van der Waals surface area contributed by atoms with E-state index < -0.39 is 11.7 Å². The van der Waals surface area contributed by atoms with Crippen LogP contribution in [0, 0.1) is 26.6 Å². The Morgan fingerprint density at radius 1 is 1.23 bits per heavy atom. The van der Waals surface area contributed by atoms with Crippen LogP contribution in [0.2, 0.25) is 0 Å². The summed E-state index contributed by atoms with van der Waals surface area (Å²) in [5.74, 6) is 0.117. The summed E-state index contributed by atoms with van der Waals surface area (Å²) in [5, 5.41) is 7.72. The van der Waals surface area contributed by atoms with Gasteiger partial charge in [0.05, 0.1) is 11.1 Å². The highest BCUT2D eigenvalue weighted by Crippen LogP contribution is 2.27. The molecule has 0 atom stereocenters. The Hall–Kier alpha value is -3.75. The van der Waals surface area contributed by atoms with Gasteiger partial charge in [-0.2, -0.15) is 0 Å². The number of nitrogens with one attached hydrogen (secondary N) is 1. The molecule has 0 saturated carbocycles. The highest BCUT2D eigenvalue weighted by molar-refractivity contribution is 5.92. The zero-order chi connectivity index (χ0) is 21.4. The van der Waals surface area contributed by atoms with E-state index in [1.165, 1.54) is 6.07 Å². The molecule has 0 bridgehead atoms. The van der Waals surface area contributed by atoms with Crippen LogP contribution in [0.4, 0.5) is 10.1 Å². The first-order valence-electron chi connectivity index (χ1n) is 9.37. The van der Waals surface area contributed by atoms with Gasteiger partial charge in [0.1, 0.15) is 11.6 Å². The first-order valence-corrected chi connectivity index (χ1v) is 9.37. The molecule has 4 aromatic rings. The topological polar surface area (TPSA) is 86.9 Å². The van der Waals surface area contributed by atoms with E-state index in [2.05, 4.69) is 20.4 Å². The molecule has 0 spiro atoms. The monoisotopic (exact) mass is 408 g/mol. The van der Waals surface area contributed by atoms with Crippen LogP contribution < -0.4 is 10.1 Å². The van der Waals surface area contributed by atoms with E-state index >= 15 is 0 Å². The maximum atomic E-state index is 14.5. The van der Waals surface area contributed by atoms with Gasteiger partial charge in [-0.3, -0.25) is 4.79 Å². The third-order valence-corrected chi connectivity index (χ3v) is 4.74. The lowest BCUT2D eigenvalue weighted by Crippen LogP contribution is -2.20. The number of ether oxygens (including phenoxy) is 1. The molecule has 0 aliphatic carbocycles. The zero-order valence-electron chi connectivity index (χ0n) is 17.1. The average Bonchev–Trinajstić information content (AvgIpc) is 3.24. The Morgan fingerprint density at radius 3 is 2.73 bits per heavy atom. The van der Waals surface area contributed by atoms with Crippen molar-refractivity contribution < 1.29 is 13.9 Å². The Balaban J connectivity index is 1.47. The molecule has 0 fully saturated rings. The number of rotatable bonds is 5. The summed E-state index contributed by atoms with van der Waals surface area (Å²) in [5.41, 5.74) is 3.23. The van der Waals surface area contributed by atoms with Crippen molar-refractivity contribution in [3.63, 3.8) is 0 Å². The summed E-state index contributed by atoms with van der Waals surface area (Å²) >= 11 is 0. The number of amides is 1. The van der Waals surface area contributed by atoms with Crippen LogP contribution in [0.5, 0.6) is 5.88 Å². The molecule has 9 heteroatoms. The number of benzene rings is 1. The van der Waals surface area contributed by atoms with Crippen LogP contribution in [0.1, 0.15) is 17.1 Å². The van der Waals surface area contributed by atoms with Crippen LogP contribution >= 0.6 is 0 Å². The molecular formula is C21H21FN6O2. The van der Waals surface area contributed by atoms with Crippen LogP contribution in [-0.4, -0.2) is 36.8 Å². The summed E-state index contributed by atoms with van der Waals surface area (Å²) in [4.78, 5) is 20.9.